The summed E-state index contributed by atoms with van der Waals surface area (Å²) in [4.78, 5) is 51.0. The van der Waals surface area contributed by atoms with Crippen LogP contribution in [0.2, 0.25) is 0 Å². The van der Waals surface area contributed by atoms with Gasteiger partial charge in [0.05, 0.1) is 12.2 Å². The van der Waals surface area contributed by atoms with Crippen LogP contribution in [0.3, 0.4) is 0 Å². The number of carbonyl (C=O) groups excluding carboxylic acids is 3. The van der Waals surface area contributed by atoms with Gasteiger partial charge in [0.15, 0.2) is 0 Å². The highest BCUT2D eigenvalue weighted by Crippen LogP contribution is 2.37. The van der Waals surface area contributed by atoms with Gasteiger partial charge >= 0.3 is 11.9 Å². The van der Waals surface area contributed by atoms with Crippen molar-refractivity contribution in [1.29, 1.82) is 0 Å². The van der Waals surface area contributed by atoms with Crippen molar-refractivity contribution in [3.63, 3.8) is 0 Å². The Labute approximate surface area is 198 Å². The Bertz CT molecular complexity index is 968. The SMILES string of the molecule is CC.CCOC(=O)c1sc(N(C=O)CCc2ccc(C)cc2)c(C(=O)N(C)CC(=O)O)c1C. The lowest BCUT2D eigenvalue weighted by Gasteiger charge is -2.20. The summed E-state index contributed by atoms with van der Waals surface area (Å²) in [5.41, 5.74) is 2.64. The largest absolute Gasteiger partial charge is 0.480 e. The smallest absolute Gasteiger partial charge is 0.348 e. The summed E-state index contributed by atoms with van der Waals surface area (Å²) in [7, 11) is 1.36. The predicted molar refractivity (Wildman–Crippen MR) is 129 cm³/mol. The van der Waals surface area contributed by atoms with Crippen molar-refractivity contribution in [3.05, 3.63) is 51.4 Å². The van der Waals surface area contributed by atoms with Gasteiger partial charge in [-0.25, -0.2) is 4.79 Å². The Morgan fingerprint density at radius 2 is 1.73 bits per heavy atom. The number of aliphatic carboxylic acids is 1. The quantitative estimate of drug-likeness (QED) is 0.412. The van der Waals surface area contributed by atoms with Crippen LogP contribution >= 0.6 is 11.3 Å². The molecule has 2 amide bonds. The van der Waals surface area contributed by atoms with Gasteiger partial charge in [0.2, 0.25) is 6.41 Å². The Morgan fingerprint density at radius 1 is 1.12 bits per heavy atom. The number of anilines is 1. The monoisotopic (exact) mass is 476 g/mol. The van der Waals surface area contributed by atoms with E-state index in [9.17, 15) is 19.2 Å². The van der Waals surface area contributed by atoms with Crippen LogP contribution < -0.4 is 4.90 Å². The molecule has 0 unspecified atom stereocenters. The minimum Gasteiger partial charge on any atom is -0.480 e. The van der Waals surface area contributed by atoms with Crippen LogP contribution in [-0.4, -0.2) is 61.0 Å². The fourth-order valence-corrected chi connectivity index (χ4v) is 4.20. The van der Waals surface area contributed by atoms with E-state index < -0.39 is 24.4 Å². The third-order valence-electron chi connectivity index (χ3n) is 4.67. The summed E-state index contributed by atoms with van der Waals surface area (Å²) in [6.07, 6.45) is 1.16. The minimum absolute atomic E-state index is 0.132. The molecule has 0 atom stereocenters. The fraction of sp³-hybridized carbons (Fsp3) is 0.417. The highest BCUT2D eigenvalue weighted by atomic mass is 32.1. The normalized spacial score (nSPS) is 10.0. The van der Waals surface area contributed by atoms with Gasteiger partial charge in [-0.05, 0) is 38.3 Å². The number of esters is 1. The first kappa shape index (κ1) is 27.8. The molecule has 2 rings (SSSR count). The van der Waals surface area contributed by atoms with Gasteiger partial charge in [0.25, 0.3) is 5.91 Å². The van der Waals surface area contributed by atoms with E-state index >= 15 is 0 Å². The van der Waals surface area contributed by atoms with Crippen LogP contribution in [0.4, 0.5) is 5.00 Å². The van der Waals surface area contributed by atoms with Gasteiger partial charge in [-0.15, -0.1) is 11.3 Å². The van der Waals surface area contributed by atoms with Gasteiger partial charge in [-0.3, -0.25) is 14.4 Å². The first-order valence-corrected chi connectivity index (χ1v) is 11.6. The maximum atomic E-state index is 13.0. The number of rotatable bonds is 10. The Kier molecular flexibility index (Phi) is 11.3. The number of nitrogens with zero attached hydrogens (tertiary/aromatic N) is 2. The second-order valence-electron chi connectivity index (χ2n) is 7.05. The molecule has 2 aromatic rings. The standard InChI is InChI=1S/C22H26N2O6S.C2H6/c1-5-30-22(29)19-15(3)18(20(28)23(4)12-17(26)27)21(31-19)24(13-25)11-10-16-8-6-14(2)7-9-16;1-2/h6-9,13H,5,10-12H2,1-4H3,(H,26,27);1-2H3. The summed E-state index contributed by atoms with van der Waals surface area (Å²) in [6, 6.07) is 7.89. The van der Waals surface area contributed by atoms with Crippen LogP contribution in [0.15, 0.2) is 24.3 Å². The van der Waals surface area contributed by atoms with E-state index in [1.165, 1.54) is 11.9 Å². The highest BCUT2D eigenvalue weighted by Gasteiger charge is 2.30. The van der Waals surface area contributed by atoms with Crippen LogP contribution in [0.1, 0.15) is 57.5 Å². The minimum atomic E-state index is -1.16. The van der Waals surface area contributed by atoms with E-state index in [0.29, 0.717) is 23.4 Å². The summed E-state index contributed by atoms with van der Waals surface area (Å²) in [5, 5.41) is 9.33. The topological polar surface area (TPSA) is 104 Å². The number of carboxylic acid groups (broad SMARTS) is 1. The number of aryl methyl sites for hydroxylation is 1. The summed E-state index contributed by atoms with van der Waals surface area (Å²) in [6.45, 7) is 9.20. The second-order valence-corrected chi connectivity index (χ2v) is 8.05. The van der Waals surface area contributed by atoms with Crippen LogP contribution in [0, 0.1) is 13.8 Å². The molecule has 0 saturated carbocycles. The molecule has 1 N–H and O–H groups in total. The zero-order valence-corrected chi connectivity index (χ0v) is 20.8. The maximum absolute atomic E-state index is 13.0. The molecule has 1 heterocycles. The number of thiophene rings is 1. The zero-order valence-electron chi connectivity index (χ0n) is 20.0. The molecule has 33 heavy (non-hydrogen) atoms. The first-order chi connectivity index (χ1) is 15.7. The molecule has 0 aliphatic carbocycles. The van der Waals surface area contributed by atoms with Crippen molar-refractivity contribution < 1.29 is 29.0 Å². The number of carbonyl (C=O) groups is 4. The van der Waals surface area contributed by atoms with E-state index in [0.717, 1.165) is 27.4 Å². The van der Waals surface area contributed by atoms with Crippen LogP contribution in [-0.2, 0) is 20.7 Å². The molecule has 0 saturated heterocycles. The number of amides is 2. The number of hydrogen-bond donors (Lipinski definition) is 1. The highest BCUT2D eigenvalue weighted by molar-refractivity contribution is 7.18. The van der Waals surface area contributed by atoms with Crippen molar-refractivity contribution in [2.75, 3.05) is 31.6 Å². The van der Waals surface area contributed by atoms with E-state index in [1.807, 2.05) is 45.0 Å². The average Bonchev–Trinajstić information content (AvgIpc) is 3.13. The van der Waals surface area contributed by atoms with Gasteiger partial charge in [0, 0.05) is 13.6 Å². The van der Waals surface area contributed by atoms with Gasteiger partial charge < -0.3 is 19.6 Å². The molecule has 0 aliphatic heterocycles. The number of likely N-dealkylation sites (N-methyl/N-ethyl adjacent to an activating group) is 1. The summed E-state index contributed by atoms with van der Waals surface area (Å²) < 4.78 is 5.08. The van der Waals surface area contributed by atoms with E-state index in [-0.39, 0.29) is 23.6 Å². The summed E-state index contributed by atoms with van der Waals surface area (Å²) >= 11 is 0.994. The van der Waals surface area contributed by atoms with Crippen molar-refractivity contribution in [2.45, 2.75) is 41.0 Å². The second kappa shape index (κ2) is 13.4. The van der Waals surface area contributed by atoms with Crippen molar-refractivity contribution in [2.24, 2.45) is 0 Å². The molecule has 0 spiro atoms. The molecule has 0 aliphatic rings. The molecular weight excluding hydrogens is 444 g/mol. The third kappa shape index (κ3) is 7.42. The van der Waals surface area contributed by atoms with E-state index in [4.69, 9.17) is 9.84 Å². The molecule has 1 aromatic heterocycles. The summed E-state index contributed by atoms with van der Waals surface area (Å²) in [5.74, 6) is -2.33. The Morgan fingerprint density at radius 3 is 2.24 bits per heavy atom. The molecule has 0 fully saturated rings. The maximum Gasteiger partial charge on any atom is 0.348 e. The average molecular weight is 477 g/mol. The van der Waals surface area contributed by atoms with Crippen LogP contribution in [0.25, 0.3) is 0 Å². The lowest BCUT2D eigenvalue weighted by Crippen LogP contribution is -2.34. The third-order valence-corrected chi connectivity index (χ3v) is 5.98. The first-order valence-electron chi connectivity index (χ1n) is 10.7. The van der Waals surface area contributed by atoms with Crippen molar-refractivity contribution in [1.82, 2.24) is 4.90 Å². The zero-order chi connectivity index (χ0) is 25.1. The van der Waals surface area contributed by atoms with Crippen molar-refractivity contribution in [3.8, 4) is 0 Å². The Hall–Kier alpha value is -3.20. The fourth-order valence-electron chi connectivity index (χ4n) is 3.02. The van der Waals surface area contributed by atoms with E-state index in [2.05, 4.69) is 0 Å². The van der Waals surface area contributed by atoms with Gasteiger partial charge in [-0.1, -0.05) is 43.7 Å². The van der Waals surface area contributed by atoms with Gasteiger partial charge in [-0.2, -0.15) is 0 Å². The van der Waals surface area contributed by atoms with Crippen molar-refractivity contribution >= 4 is 40.6 Å². The molecule has 0 bridgehead atoms. The molecule has 1 aromatic carbocycles. The number of benzene rings is 1. The predicted octanol–water partition coefficient (Wildman–Crippen LogP) is 3.93. The number of carboxylic acids is 1. The Balaban J connectivity index is 0.00000265. The van der Waals surface area contributed by atoms with E-state index in [1.54, 1.807) is 13.8 Å². The van der Waals surface area contributed by atoms with Gasteiger partial charge in [0.1, 0.15) is 16.4 Å². The molecule has 9 heteroatoms. The number of ether oxygens (including phenoxy) is 1. The van der Waals surface area contributed by atoms with Crippen LogP contribution in [0.5, 0.6) is 0 Å². The molecular formula is C24H32N2O6S. The lowest BCUT2D eigenvalue weighted by atomic mass is 10.1. The molecule has 180 valence electrons. The number of hydrogen-bond acceptors (Lipinski definition) is 6. The lowest BCUT2D eigenvalue weighted by molar-refractivity contribution is -0.137. The molecule has 0 radical (unpaired) electrons. The molecule has 8 nitrogen and oxygen atoms in total.